The van der Waals surface area contributed by atoms with Gasteiger partial charge in [0, 0.05) is 44.4 Å². The van der Waals surface area contributed by atoms with Gasteiger partial charge in [-0.15, -0.1) is 0 Å². The third kappa shape index (κ3) is 6.29. The lowest BCUT2D eigenvalue weighted by molar-refractivity contribution is 0.0371. The minimum Gasteiger partial charge on any atom is -0.379 e. The van der Waals surface area contributed by atoms with Crippen molar-refractivity contribution in [3.63, 3.8) is 0 Å². The molecule has 2 aliphatic heterocycles. The van der Waals surface area contributed by atoms with Crippen molar-refractivity contribution in [3.8, 4) is 0 Å². The summed E-state index contributed by atoms with van der Waals surface area (Å²) >= 11 is 0. The molecule has 196 valence electrons. The van der Waals surface area contributed by atoms with Gasteiger partial charge in [0.2, 0.25) is 0 Å². The number of ether oxygens (including phenoxy) is 3. The van der Waals surface area contributed by atoms with Crippen LogP contribution < -0.4 is 4.90 Å². The highest BCUT2D eigenvalue weighted by Gasteiger charge is 2.43. The van der Waals surface area contributed by atoms with Crippen LogP contribution in [0.3, 0.4) is 0 Å². The lowest BCUT2D eigenvalue weighted by Gasteiger charge is -2.30. The number of nitrogens with zero attached hydrogens (tertiary/aromatic N) is 4. The minimum absolute atomic E-state index is 0.0651. The summed E-state index contributed by atoms with van der Waals surface area (Å²) < 4.78 is 36.2. The van der Waals surface area contributed by atoms with E-state index in [-0.39, 0.29) is 18.2 Å². The van der Waals surface area contributed by atoms with Gasteiger partial charge in [0.25, 0.3) is 0 Å². The number of hydrogen-bond acceptors (Lipinski definition) is 9. The molecule has 0 radical (unpaired) electrons. The predicted molar refractivity (Wildman–Crippen MR) is 129 cm³/mol. The number of morpholine rings is 1. The SMILES string of the molecule is COCc1noc(N2CCC([C@H]3C[C@H]3COCc3ccc(C(=O)CN4CCOCC4)cc3F)CC2)n1. The van der Waals surface area contributed by atoms with Crippen LogP contribution in [0.2, 0.25) is 0 Å². The van der Waals surface area contributed by atoms with Gasteiger partial charge in [-0.2, -0.15) is 4.98 Å². The Kier molecular flexibility index (Phi) is 8.25. The molecule has 0 N–H and O–H groups in total. The number of rotatable bonds is 11. The van der Waals surface area contributed by atoms with Crippen molar-refractivity contribution in [1.82, 2.24) is 15.0 Å². The van der Waals surface area contributed by atoms with Crippen molar-refractivity contribution < 1.29 is 27.9 Å². The molecule has 5 rings (SSSR count). The van der Waals surface area contributed by atoms with Crippen molar-refractivity contribution >= 4 is 11.8 Å². The largest absolute Gasteiger partial charge is 0.379 e. The number of Topliss-reactive ketones (excluding diaryl/α,β-unsaturated/α-hetero) is 1. The monoisotopic (exact) mass is 502 g/mol. The van der Waals surface area contributed by atoms with Gasteiger partial charge in [-0.1, -0.05) is 17.3 Å². The van der Waals surface area contributed by atoms with Gasteiger partial charge in [0.15, 0.2) is 11.6 Å². The smallest absolute Gasteiger partial charge is 0.324 e. The van der Waals surface area contributed by atoms with E-state index in [9.17, 15) is 9.18 Å². The Morgan fingerprint density at radius 1 is 1.17 bits per heavy atom. The summed E-state index contributed by atoms with van der Waals surface area (Å²) in [5, 5.41) is 3.94. The molecule has 2 saturated heterocycles. The number of ketones is 1. The molecule has 9 nitrogen and oxygen atoms in total. The Bertz CT molecular complexity index is 1020. The first-order valence-corrected chi connectivity index (χ1v) is 12.9. The standard InChI is InChI=1S/C26H35FN4O5/c1-33-17-25-28-26(36-29-25)31-6-4-18(5-7-31)22-12-21(22)16-35-15-20-3-2-19(13-23(20)27)24(32)14-30-8-10-34-11-9-30/h2-3,13,18,21-22H,4-12,14-17H2,1H3/t21-,22+/m0/s1. The van der Waals surface area contributed by atoms with Crippen LogP contribution in [-0.4, -0.2) is 80.5 Å². The van der Waals surface area contributed by atoms with E-state index in [2.05, 4.69) is 15.0 Å². The Morgan fingerprint density at radius 2 is 1.97 bits per heavy atom. The molecule has 0 amide bonds. The lowest BCUT2D eigenvalue weighted by atomic mass is 9.91. The molecule has 3 aliphatic rings. The summed E-state index contributed by atoms with van der Waals surface area (Å²) in [4.78, 5) is 21.1. The molecule has 0 unspecified atom stereocenters. The summed E-state index contributed by atoms with van der Waals surface area (Å²) in [5.41, 5.74) is 0.905. The van der Waals surface area contributed by atoms with Gasteiger partial charge < -0.3 is 23.6 Å². The zero-order valence-corrected chi connectivity index (χ0v) is 20.9. The molecular formula is C26H35FN4O5. The van der Waals surface area contributed by atoms with Gasteiger partial charge in [0.1, 0.15) is 12.4 Å². The zero-order chi connectivity index (χ0) is 24.9. The lowest BCUT2D eigenvalue weighted by Crippen LogP contribution is -2.39. The third-order valence-corrected chi connectivity index (χ3v) is 7.56. The van der Waals surface area contributed by atoms with Gasteiger partial charge >= 0.3 is 6.01 Å². The van der Waals surface area contributed by atoms with E-state index in [1.54, 1.807) is 19.2 Å². The highest BCUT2D eigenvalue weighted by atomic mass is 19.1. The van der Waals surface area contributed by atoms with E-state index >= 15 is 0 Å². The molecule has 36 heavy (non-hydrogen) atoms. The highest BCUT2D eigenvalue weighted by Crippen LogP contribution is 2.48. The second kappa shape index (κ2) is 11.8. The van der Waals surface area contributed by atoms with Gasteiger partial charge in [-0.05, 0) is 43.1 Å². The van der Waals surface area contributed by atoms with Crippen molar-refractivity contribution in [2.75, 3.05) is 64.6 Å². The zero-order valence-electron chi connectivity index (χ0n) is 20.9. The summed E-state index contributed by atoms with van der Waals surface area (Å²) in [6.45, 7) is 6.07. The fourth-order valence-electron chi connectivity index (χ4n) is 5.33. The van der Waals surface area contributed by atoms with E-state index in [0.717, 1.165) is 39.0 Å². The summed E-state index contributed by atoms with van der Waals surface area (Å²) in [7, 11) is 1.61. The van der Waals surface area contributed by atoms with Crippen LogP contribution in [0.5, 0.6) is 0 Å². The number of anilines is 1. The maximum atomic E-state index is 14.6. The number of hydrogen-bond donors (Lipinski definition) is 0. The molecule has 2 aromatic rings. The van der Waals surface area contributed by atoms with E-state index in [1.807, 2.05) is 4.90 Å². The van der Waals surface area contributed by atoms with Crippen LogP contribution in [0, 0.1) is 23.6 Å². The van der Waals surface area contributed by atoms with Gasteiger partial charge in [-0.3, -0.25) is 9.69 Å². The van der Waals surface area contributed by atoms with Crippen LogP contribution in [0.1, 0.15) is 41.0 Å². The molecule has 2 atom stereocenters. The number of piperidine rings is 1. The predicted octanol–water partition coefficient (Wildman–Crippen LogP) is 2.94. The van der Waals surface area contributed by atoms with E-state index < -0.39 is 0 Å². The first-order valence-electron chi connectivity index (χ1n) is 12.9. The fraction of sp³-hybridized carbons (Fsp3) is 0.654. The van der Waals surface area contributed by atoms with Gasteiger partial charge in [0.05, 0.1) is 33.0 Å². The number of methoxy groups -OCH3 is 1. The Morgan fingerprint density at radius 3 is 2.72 bits per heavy atom. The van der Waals surface area contributed by atoms with Crippen molar-refractivity contribution in [2.24, 2.45) is 17.8 Å². The Balaban J connectivity index is 1.02. The molecule has 0 spiro atoms. The van der Waals surface area contributed by atoms with Crippen LogP contribution in [0.4, 0.5) is 10.4 Å². The van der Waals surface area contributed by atoms with E-state index in [0.29, 0.717) is 73.7 Å². The van der Waals surface area contributed by atoms with Crippen molar-refractivity contribution in [3.05, 3.63) is 41.0 Å². The van der Waals surface area contributed by atoms with E-state index in [4.69, 9.17) is 18.7 Å². The number of benzene rings is 1. The fourth-order valence-corrected chi connectivity index (χ4v) is 5.33. The van der Waals surface area contributed by atoms with Crippen LogP contribution >= 0.6 is 0 Å². The summed E-state index contributed by atoms with van der Waals surface area (Å²) in [5.74, 6) is 2.01. The minimum atomic E-state index is -0.378. The van der Waals surface area contributed by atoms with Crippen molar-refractivity contribution in [1.29, 1.82) is 0 Å². The summed E-state index contributed by atoms with van der Waals surface area (Å²) in [6, 6.07) is 5.31. The van der Waals surface area contributed by atoms with Crippen LogP contribution in [-0.2, 0) is 27.4 Å². The second-order valence-corrected chi connectivity index (χ2v) is 10.0. The maximum Gasteiger partial charge on any atom is 0.324 e. The topological polar surface area (TPSA) is 90.2 Å². The molecule has 0 bridgehead atoms. The van der Waals surface area contributed by atoms with Crippen LogP contribution in [0.25, 0.3) is 0 Å². The molecule has 1 aliphatic carbocycles. The van der Waals surface area contributed by atoms with Gasteiger partial charge in [-0.25, -0.2) is 4.39 Å². The highest BCUT2D eigenvalue weighted by molar-refractivity contribution is 5.97. The molecular weight excluding hydrogens is 467 g/mol. The molecule has 1 aromatic heterocycles. The third-order valence-electron chi connectivity index (χ3n) is 7.56. The number of halogens is 1. The number of aromatic nitrogens is 2. The van der Waals surface area contributed by atoms with E-state index in [1.165, 1.54) is 12.5 Å². The number of carbonyl (C=O) groups excluding carboxylic acids is 1. The molecule has 3 fully saturated rings. The van der Waals surface area contributed by atoms with Crippen molar-refractivity contribution in [2.45, 2.75) is 32.5 Å². The molecule has 1 aromatic carbocycles. The second-order valence-electron chi connectivity index (χ2n) is 10.0. The first kappa shape index (κ1) is 25.3. The normalized spacial score (nSPS) is 23.2. The van der Waals surface area contributed by atoms with Crippen LogP contribution in [0.15, 0.2) is 22.7 Å². The molecule has 1 saturated carbocycles. The number of carbonyl (C=O) groups is 1. The molecule has 3 heterocycles. The first-order chi connectivity index (χ1) is 17.6. The molecule has 10 heteroatoms. The maximum absolute atomic E-state index is 14.6. The summed E-state index contributed by atoms with van der Waals surface area (Å²) in [6.07, 6.45) is 3.36. The average molecular weight is 503 g/mol. The Hall–Kier alpha value is -2.40. The Labute approximate surface area is 210 Å². The quantitative estimate of drug-likeness (QED) is 0.430. The average Bonchev–Trinajstić information content (AvgIpc) is 3.52.